The number of ether oxygens (including phenoxy) is 6. The highest BCUT2D eigenvalue weighted by Gasteiger charge is 2.61. The van der Waals surface area contributed by atoms with Gasteiger partial charge >= 0.3 is 11.9 Å². The first-order valence-electron chi connectivity index (χ1n) is 26.7. The minimum absolute atomic E-state index is 0.0226. The number of halogens is 2. The summed E-state index contributed by atoms with van der Waals surface area (Å²) < 4.78 is 65.2. The van der Waals surface area contributed by atoms with Crippen molar-refractivity contribution in [3.05, 3.63) is 145 Å². The van der Waals surface area contributed by atoms with Crippen molar-refractivity contribution in [3.63, 3.8) is 0 Å². The van der Waals surface area contributed by atoms with Gasteiger partial charge in [0.15, 0.2) is 40.0 Å². The van der Waals surface area contributed by atoms with E-state index in [-0.39, 0.29) is 53.6 Å². The number of piperazine rings is 1. The van der Waals surface area contributed by atoms with E-state index in [4.69, 9.17) is 28.4 Å². The van der Waals surface area contributed by atoms with Gasteiger partial charge in [-0.25, -0.2) is 23.7 Å². The average Bonchev–Trinajstić information content (AvgIpc) is 1.29. The van der Waals surface area contributed by atoms with Crippen molar-refractivity contribution in [2.75, 3.05) is 52.3 Å². The van der Waals surface area contributed by atoms with Gasteiger partial charge in [-0.1, -0.05) is 18.2 Å². The number of carbonyl (C=O) groups is 2. The molecule has 15 rings (SSSR count). The molecule has 10 heterocycles. The van der Waals surface area contributed by atoms with Crippen LogP contribution in [0.3, 0.4) is 0 Å². The van der Waals surface area contributed by atoms with Gasteiger partial charge in [0.05, 0.1) is 60.6 Å². The van der Waals surface area contributed by atoms with Crippen molar-refractivity contribution in [1.82, 2.24) is 40.1 Å². The van der Waals surface area contributed by atoms with Crippen LogP contribution in [0.1, 0.15) is 97.8 Å². The molecule has 7 unspecified atom stereocenters. The highest BCUT2D eigenvalue weighted by atomic mass is 32.2. The Balaban J connectivity index is 0.000000188. The van der Waals surface area contributed by atoms with Gasteiger partial charge in [-0.2, -0.15) is 10.2 Å². The number of nitrogens with one attached hydrogen (secondary N) is 3. The van der Waals surface area contributed by atoms with Crippen molar-refractivity contribution in [2.45, 2.75) is 86.8 Å². The molecular formula is C58H57F2N9O12S. The molecule has 2 fully saturated rings. The number of aliphatic hydroxyl groups excluding tert-OH is 1. The molecule has 8 aliphatic heterocycles. The van der Waals surface area contributed by atoms with E-state index in [1.807, 2.05) is 31.9 Å². The second kappa shape index (κ2) is 19.9. The number of hydrogen-bond acceptors (Lipinski definition) is 20. The number of aliphatic hydroxyl groups is 1. The molecule has 24 heteroatoms. The molecule has 21 nitrogen and oxygen atoms in total. The van der Waals surface area contributed by atoms with Crippen LogP contribution in [0.5, 0.6) is 40.2 Å². The quantitative estimate of drug-likeness (QED) is 0.0848. The Kier molecular flexibility index (Phi) is 12.9. The molecule has 0 radical (unpaired) electrons. The number of aryl methyl sites for hydroxylation is 2. The van der Waals surface area contributed by atoms with Crippen LogP contribution in [0.4, 0.5) is 14.5 Å². The van der Waals surface area contributed by atoms with Gasteiger partial charge in [0.25, 0.3) is 5.56 Å². The molecule has 426 valence electrons. The number of benzene rings is 5. The number of aromatic amines is 1. The second-order valence-corrected chi connectivity index (χ2v) is 22.8. The molecule has 6 N–H and O–H groups in total. The van der Waals surface area contributed by atoms with E-state index in [0.29, 0.717) is 92.8 Å². The monoisotopic (exact) mass is 1140 g/mol. The Labute approximate surface area is 471 Å². The van der Waals surface area contributed by atoms with E-state index in [9.17, 15) is 38.5 Å². The van der Waals surface area contributed by atoms with Crippen molar-refractivity contribution >= 4 is 40.2 Å². The molecule has 7 aromatic rings. The Morgan fingerprint density at radius 2 is 1.71 bits per heavy atom. The maximum Gasteiger partial charge on any atom is 0.331 e. The van der Waals surface area contributed by atoms with Crippen molar-refractivity contribution in [1.29, 1.82) is 0 Å². The molecule has 4 bridgehead atoms. The van der Waals surface area contributed by atoms with Crippen molar-refractivity contribution < 1.29 is 62.1 Å². The maximum absolute atomic E-state index is 14.7. The Bertz CT molecular complexity index is 3880. The fraction of sp³-hybridized carbons (Fsp3) is 0.379. The molecule has 2 aromatic heterocycles. The minimum Gasteiger partial charge on any atom is -0.504 e. The lowest BCUT2D eigenvalue weighted by atomic mass is 9.73. The number of hydrogen-bond donors (Lipinski definition) is 6. The van der Waals surface area contributed by atoms with Gasteiger partial charge in [0.1, 0.15) is 42.4 Å². The third-order valence-corrected chi connectivity index (χ3v) is 18.8. The SMILES string of the molecule is COc1cc2c(cc1O)CCNC21CSC2c3c(OC(C)=O)c(C)c4c(c3C(COC1=O)N1C(O)C3Cc5cc(C)c(OC)c(O)c5C(C21)N3C)OCO4.Cn1ncnc1[C@H]1c2n[nH]c(=O)c3cc(F)cc(c23)N[C@@H]1c1ccc(F)cc1. The predicted octanol–water partition coefficient (Wildman–Crippen LogP) is 6.04. The smallest absolute Gasteiger partial charge is 0.331 e. The van der Waals surface area contributed by atoms with Crippen molar-refractivity contribution in [2.24, 2.45) is 7.05 Å². The van der Waals surface area contributed by atoms with Crippen LogP contribution < -0.4 is 39.9 Å². The zero-order valence-corrected chi connectivity index (χ0v) is 46.3. The van der Waals surface area contributed by atoms with Gasteiger partial charge < -0.3 is 49.1 Å². The van der Waals surface area contributed by atoms with E-state index in [0.717, 1.165) is 22.3 Å². The van der Waals surface area contributed by atoms with Crippen molar-refractivity contribution in [3.8, 4) is 40.2 Å². The number of fused-ring (bicyclic) bond motifs is 9. The fourth-order valence-corrected chi connectivity index (χ4v) is 15.5. The first kappa shape index (κ1) is 53.3. The molecule has 2 saturated heterocycles. The number of H-pyrrole nitrogens is 1. The molecular weight excluding hydrogens is 1080 g/mol. The summed E-state index contributed by atoms with van der Waals surface area (Å²) >= 11 is 1.47. The predicted molar refractivity (Wildman–Crippen MR) is 293 cm³/mol. The molecule has 0 amide bonds. The summed E-state index contributed by atoms with van der Waals surface area (Å²) in [5.41, 5.74) is 5.66. The summed E-state index contributed by atoms with van der Waals surface area (Å²) in [7, 11) is 6.71. The number of methoxy groups -OCH3 is 2. The summed E-state index contributed by atoms with van der Waals surface area (Å²) in [6.07, 6.45) is 1.40. The summed E-state index contributed by atoms with van der Waals surface area (Å²) in [6, 6.07) is 11.3. The molecule has 0 aliphatic carbocycles. The lowest BCUT2D eigenvalue weighted by Crippen LogP contribution is -2.70. The number of esters is 2. The number of phenolic OH excluding ortho intramolecular Hbond substituents is 2. The number of anilines is 1. The first-order valence-corrected chi connectivity index (χ1v) is 27.7. The standard InChI is InChI=1S/C39H43N3O11S.C19H14F2N6O/c1-16-9-20-10-22-37(46)42-23-13-50-38(47)39(21-12-25(48-5)24(44)11-19(21)7-8-40-39)14-54-36(30(42)29(41(22)4)26(20)31(45)32(16)49-6)28-27(23)35-34(51-15-52-35)17(2)33(28)53-18(3)43;1-27-18(22-8-23-27)15-16(9-2-4-10(20)5-3-9)24-13-7-11(21)6-12-14(13)17(15)25-26-19(12)28/h9,11-12,22-23,29-30,36-37,40,44-46H,7-8,10,13-15H2,1-6H3;2-8,15-16,24H,1H3,(H,26,28)/t;15-,16-/m.1/s1. The average molecular weight is 1140 g/mol. The van der Waals surface area contributed by atoms with Crippen LogP contribution in [-0.2, 0) is 39.8 Å². The van der Waals surface area contributed by atoms with E-state index >= 15 is 0 Å². The topological polar surface area (TPSA) is 257 Å². The van der Waals surface area contributed by atoms with E-state index in [1.54, 1.807) is 36.0 Å². The van der Waals surface area contributed by atoms with E-state index in [1.165, 1.54) is 63.5 Å². The molecule has 9 atom stereocenters. The number of thioether (sulfide) groups is 1. The summed E-state index contributed by atoms with van der Waals surface area (Å²) in [6.45, 7) is 5.26. The molecule has 5 aromatic carbocycles. The Morgan fingerprint density at radius 1 is 0.927 bits per heavy atom. The van der Waals surface area contributed by atoms with Crippen LogP contribution in [-0.4, -0.2) is 127 Å². The third-order valence-electron chi connectivity index (χ3n) is 17.3. The zero-order chi connectivity index (χ0) is 57.4. The lowest BCUT2D eigenvalue weighted by molar-refractivity contribution is -0.186. The minimum atomic E-state index is -1.36. The highest BCUT2D eigenvalue weighted by Crippen LogP contribution is 2.65. The molecule has 8 aliphatic rings. The largest absolute Gasteiger partial charge is 0.504 e. The number of carbonyl (C=O) groups excluding carboxylic acids is 2. The molecule has 82 heavy (non-hydrogen) atoms. The maximum atomic E-state index is 14.7. The zero-order valence-electron chi connectivity index (χ0n) is 45.5. The van der Waals surface area contributed by atoms with Crippen LogP contribution in [0, 0.1) is 25.5 Å². The normalized spacial score (nSPS) is 25.6. The number of rotatable bonds is 5. The fourth-order valence-electron chi connectivity index (χ4n) is 13.8. The molecule has 1 spiro atoms. The Hall–Kier alpha value is -8.03. The lowest BCUT2D eigenvalue weighted by Gasteiger charge is -2.62. The number of likely N-dealkylation sites (N-methyl/N-ethyl adjacent to an activating group) is 1. The third kappa shape index (κ3) is 7.99. The van der Waals surface area contributed by atoms with Gasteiger partial charge in [-0.3, -0.25) is 29.4 Å². The Morgan fingerprint density at radius 3 is 2.44 bits per heavy atom. The van der Waals surface area contributed by atoms with E-state index < -0.39 is 70.4 Å². The van der Waals surface area contributed by atoms with Gasteiger partial charge in [-0.05, 0) is 98.0 Å². The molecule has 0 saturated carbocycles. The summed E-state index contributed by atoms with van der Waals surface area (Å²) in [5, 5.41) is 53.1. The number of aromatic hydroxyl groups is 2. The second-order valence-electron chi connectivity index (χ2n) is 21.6. The summed E-state index contributed by atoms with van der Waals surface area (Å²) in [5.74, 6) is 0.233. The van der Waals surface area contributed by atoms with Gasteiger partial charge in [0, 0.05) is 65.6 Å². The van der Waals surface area contributed by atoms with Crippen LogP contribution in [0.15, 0.2) is 65.7 Å². The van der Waals surface area contributed by atoms with E-state index in [2.05, 4.69) is 35.8 Å². The number of aromatic nitrogens is 5. The van der Waals surface area contributed by atoms with Crippen LogP contribution in [0.2, 0.25) is 0 Å². The number of phenols is 2. The van der Waals surface area contributed by atoms with Crippen LogP contribution >= 0.6 is 11.8 Å². The number of nitrogens with zero attached hydrogens (tertiary/aromatic N) is 6. The summed E-state index contributed by atoms with van der Waals surface area (Å²) in [4.78, 5) is 48.3. The highest BCUT2D eigenvalue weighted by molar-refractivity contribution is 7.99. The van der Waals surface area contributed by atoms with Gasteiger partial charge in [-0.15, -0.1) is 11.8 Å². The van der Waals surface area contributed by atoms with Gasteiger partial charge in [0.2, 0.25) is 6.79 Å². The first-order chi connectivity index (χ1) is 39.4. The van der Waals surface area contributed by atoms with Crippen LogP contribution in [0.25, 0.3) is 10.8 Å².